The van der Waals surface area contributed by atoms with Crippen LogP contribution in [0.5, 0.6) is 0 Å². The maximum atomic E-state index is 11.2. The smallest absolute Gasteiger partial charge is 0.222 e. The Labute approximate surface area is 86.2 Å². The van der Waals surface area contributed by atoms with E-state index < -0.39 is 0 Å². The van der Waals surface area contributed by atoms with E-state index >= 15 is 0 Å². The van der Waals surface area contributed by atoms with Crippen LogP contribution >= 0.6 is 0 Å². The highest BCUT2D eigenvalue weighted by atomic mass is 16.2. The van der Waals surface area contributed by atoms with Gasteiger partial charge >= 0.3 is 0 Å². The van der Waals surface area contributed by atoms with Gasteiger partial charge in [-0.3, -0.25) is 4.79 Å². The summed E-state index contributed by atoms with van der Waals surface area (Å²) in [6, 6.07) is 0.615. The Balaban J connectivity index is 1.96. The molecular weight excluding hydrogens is 176 g/mol. The van der Waals surface area contributed by atoms with Gasteiger partial charge in [0.2, 0.25) is 5.91 Å². The van der Waals surface area contributed by atoms with Crippen molar-refractivity contribution in [1.82, 2.24) is 10.2 Å². The van der Waals surface area contributed by atoms with E-state index in [-0.39, 0.29) is 5.91 Å². The number of hydrogen-bond donors (Lipinski definition) is 1. The fourth-order valence-corrected chi connectivity index (χ4v) is 1.55. The van der Waals surface area contributed by atoms with Crippen LogP contribution in [-0.2, 0) is 4.79 Å². The van der Waals surface area contributed by atoms with E-state index in [9.17, 15) is 4.79 Å². The summed E-state index contributed by atoms with van der Waals surface area (Å²) in [5, 5.41) is 3.44. The van der Waals surface area contributed by atoms with Gasteiger partial charge in [0, 0.05) is 26.6 Å². The third-order valence-corrected chi connectivity index (χ3v) is 2.51. The number of amides is 1. The molecule has 0 saturated heterocycles. The van der Waals surface area contributed by atoms with Crippen LogP contribution < -0.4 is 5.32 Å². The van der Waals surface area contributed by atoms with Crippen molar-refractivity contribution < 1.29 is 4.79 Å². The number of carbonyl (C=O) groups excluding carboxylic acids is 1. The Hall–Kier alpha value is -0.830. The lowest BCUT2D eigenvalue weighted by atomic mass is 10.2. The lowest BCUT2D eigenvalue weighted by molar-refractivity contribution is -0.128. The van der Waals surface area contributed by atoms with E-state index in [0.29, 0.717) is 12.5 Å². The van der Waals surface area contributed by atoms with Crippen LogP contribution in [0.25, 0.3) is 0 Å². The van der Waals surface area contributed by atoms with Gasteiger partial charge in [-0.15, -0.1) is 0 Å². The van der Waals surface area contributed by atoms with Crippen LogP contribution in [0.4, 0.5) is 0 Å². The molecule has 0 heterocycles. The van der Waals surface area contributed by atoms with Crippen molar-refractivity contribution in [3.63, 3.8) is 0 Å². The molecule has 1 rings (SSSR count). The third-order valence-electron chi connectivity index (χ3n) is 2.51. The largest absolute Gasteiger partial charge is 0.349 e. The van der Waals surface area contributed by atoms with Crippen molar-refractivity contribution in [3.05, 3.63) is 12.2 Å². The second-order valence-corrected chi connectivity index (χ2v) is 3.99. The topological polar surface area (TPSA) is 32.3 Å². The van der Waals surface area contributed by atoms with Crippen LogP contribution in [0.15, 0.2) is 12.2 Å². The summed E-state index contributed by atoms with van der Waals surface area (Å²) < 4.78 is 0. The second kappa shape index (κ2) is 5.81. The Bertz CT molecular complexity index is 203. The molecule has 1 aliphatic rings. The first kappa shape index (κ1) is 11.2. The minimum atomic E-state index is 0.219. The highest BCUT2D eigenvalue weighted by molar-refractivity contribution is 5.75. The molecule has 0 atom stereocenters. The Morgan fingerprint density at radius 1 is 1.43 bits per heavy atom. The van der Waals surface area contributed by atoms with E-state index in [1.807, 2.05) is 0 Å². The quantitative estimate of drug-likeness (QED) is 0.528. The second-order valence-electron chi connectivity index (χ2n) is 3.99. The van der Waals surface area contributed by atoms with Crippen LogP contribution in [-0.4, -0.2) is 37.5 Å². The molecule has 0 aliphatic heterocycles. The molecule has 1 N–H and O–H groups in total. The summed E-state index contributed by atoms with van der Waals surface area (Å²) in [6.07, 6.45) is 8.29. The minimum absolute atomic E-state index is 0.219. The summed E-state index contributed by atoms with van der Waals surface area (Å²) in [7, 11) is 3.60. The molecule has 1 aliphatic carbocycles. The Kier molecular flexibility index (Phi) is 4.66. The molecule has 0 radical (unpaired) electrons. The lowest BCUT2D eigenvalue weighted by Crippen LogP contribution is -2.28. The summed E-state index contributed by atoms with van der Waals surface area (Å²) in [6.45, 7) is 0.950. The molecule has 3 heteroatoms. The summed E-state index contributed by atoms with van der Waals surface area (Å²) in [5.41, 5.74) is 0. The zero-order chi connectivity index (χ0) is 10.4. The predicted molar refractivity (Wildman–Crippen MR) is 58.1 cm³/mol. The Morgan fingerprint density at radius 3 is 2.64 bits per heavy atom. The van der Waals surface area contributed by atoms with Crippen LogP contribution in [0.3, 0.4) is 0 Å². The number of carbonyl (C=O) groups is 1. The SMILES string of the molecule is CN(C)C(=O)CCCNC1CC=CC1. The maximum absolute atomic E-state index is 11.2. The van der Waals surface area contributed by atoms with Crippen molar-refractivity contribution in [2.24, 2.45) is 0 Å². The summed E-state index contributed by atoms with van der Waals surface area (Å²) in [5.74, 6) is 0.219. The van der Waals surface area contributed by atoms with Gasteiger partial charge in [0.1, 0.15) is 0 Å². The molecule has 1 amide bonds. The first-order valence-corrected chi connectivity index (χ1v) is 5.28. The molecule has 0 spiro atoms. The minimum Gasteiger partial charge on any atom is -0.349 e. The normalized spacial score (nSPS) is 16.1. The van der Waals surface area contributed by atoms with Crippen LogP contribution in [0, 0.1) is 0 Å². The van der Waals surface area contributed by atoms with E-state index in [0.717, 1.165) is 25.8 Å². The van der Waals surface area contributed by atoms with E-state index in [4.69, 9.17) is 0 Å². The van der Waals surface area contributed by atoms with E-state index in [2.05, 4.69) is 17.5 Å². The fraction of sp³-hybridized carbons (Fsp3) is 0.727. The third kappa shape index (κ3) is 3.92. The zero-order valence-electron chi connectivity index (χ0n) is 9.12. The molecule has 80 valence electrons. The maximum Gasteiger partial charge on any atom is 0.222 e. The van der Waals surface area contributed by atoms with Gasteiger partial charge in [0.15, 0.2) is 0 Å². The Morgan fingerprint density at radius 2 is 2.07 bits per heavy atom. The standard InChI is InChI=1S/C11H20N2O/c1-13(2)11(14)8-5-9-12-10-6-3-4-7-10/h3-4,10,12H,5-9H2,1-2H3. The average Bonchev–Trinajstić information content (AvgIpc) is 2.64. The number of rotatable bonds is 5. The fourth-order valence-electron chi connectivity index (χ4n) is 1.55. The highest BCUT2D eigenvalue weighted by Crippen LogP contribution is 2.08. The summed E-state index contributed by atoms with van der Waals surface area (Å²) >= 11 is 0. The van der Waals surface area contributed by atoms with Gasteiger partial charge in [-0.2, -0.15) is 0 Å². The molecule has 0 aromatic heterocycles. The molecule has 0 unspecified atom stereocenters. The number of hydrogen-bond acceptors (Lipinski definition) is 2. The monoisotopic (exact) mass is 196 g/mol. The lowest BCUT2D eigenvalue weighted by Gasteiger charge is -2.13. The molecule has 0 saturated carbocycles. The highest BCUT2D eigenvalue weighted by Gasteiger charge is 2.09. The molecule has 3 nitrogen and oxygen atoms in total. The predicted octanol–water partition coefficient (Wildman–Crippen LogP) is 1.16. The van der Waals surface area contributed by atoms with Crippen molar-refractivity contribution in [1.29, 1.82) is 0 Å². The average molecular weight is 196 g/mol. The molecule has 14 heavy (non-hydrogen) atoms. The van der Waals surface area contributed by atoms with Gasteiger partial charge in [-0.1, -0.05) is 12.2 Å². The van der Waals surface area contributed by atoms with Gasteiger partial charge in [0.05, 0.1) is 0 Å². The number of nitrogens with zero attached hydrogens (tertiary/aromatic N) is 1. The molecule has 0 fully saturated rings. The molecular formula is C11H20N2O. The van der Waals surface area contributed by atoms with Gasteiger partial charge < -0.3 is 10.2 Å². The van der Waals surface area contributed by atoms with Gasteiger partial charge in [-0.25, -0.2) is 0 Å². The number of nitrogens with one attached hydrogen (secondary N) is 1. The van der Waals surface area contributed by atoms with E-state index in [1.165, 1.54) is 0 Å². The van der Waals surface area contributed by atoms with Crippen LogP contribution in [0.1, 0.15) is 25.7 Å². The van der Waals surface area contributed by atoms with Gasteiger partial charge in [0.25, 0.3) is 0 Å². The zero-order valence-corrected chi connectivity index (χ0v) is 9.12. The summed E-state index contributed by atoms with van der Waals surface area (Å²) in [4.78, 5) is 12.9. The van der Waals surface area contributed by atoms with Crippen molar-refractivity contribution in [2.45, 2.75) is 31.7 Å². The first-order chi connectivity index (χ1) is 6.70. The van der Waals surface area contributed by atoms with E-state index in [1.54, 1.807) is 19.0 Å². The molecule has 0 aromatic carbocycles. The first-order valence-electron chi connectivity index (χ1n) is 5.28. The van der Waals surface area contributed by atoms with Gasteiger partial charge in [-0.05, 0) is 25.8 Å². The van der Waals surface area contributed by atoms with Crippen molar-refractivity contribution >= 4 is 5.91 Å². The molecule has 0 bridgehead atoms. The van der Waals surface area contributed by atoms with Crippen LogP contribution in [0.2, 0.25) is 0 Å². The molecule has 0 aromatic rings. The van der Waals surface area contributed by atoms with Crippen molar-refractivity contribution in [2.75, 3.05) is 20.6 Å². The van der Waals surface area contributed by atoms with Crippen molar-refractivity contribution in [3.8, 4) is 0 Å².